The zero-order valence-electron chi connectivity index (χ0n) is 18.9. The van der Waals surface area contributed by atoms with Crippen molar-refractivity contribution in [2.24, 2.45) is 0 Å². The summed E-state index contributed by atoms with van der Waals surface area (Å²) in [6.07, 6.45) is 0.849. The third kappa shape index (κ3) is 5.44. The lowest BCUT2D eigenvalue weighted by Gasteiger charge is -2.36. The Kier molecular flexibility index (Phi) is 6.78. The minimum atomic E-state index is -0.388. The van der Waals surface area contributed by atoms with E-state index in [1.165, 1.54) is 0 Å². The van der Waals surface area contributed by atoms with Crippen molar-refractivity contribution < 1.29 is 14.3 Å². The van der Waals surface area contributed by atoms with Crippen LogP contribution in [0.4, 0.5) is 26.7 Å². The largest absolute Gasteiger partial charge is 0.497 e. The fourth-order valence-corrected chi connectivity index (χ4v) is 3.93. The van der Waals surface area contributed by atoms with Gasteiger partial charge in [0.05, 0.1) is 18.5 Å². The highest BCUT2D eigenvalue weighted by Crippen LogP contribution is 2.30. The van der Waals surface area contributed by atoms with Gasteiger partial charge in [0, 0.05) is 31.4 Å². The van der Waals surface area contributed by atoms with Crippen molar-refractivity contribution in [1.29, 1.82) is 0 Å². The van der Waals surface area contributed by atoms with Crippen LogP contribution in [-0.2, 0) is 6.54 Å². The second kappa shape index (κ2) is 10.1. The van der Waals surface area contributed by atoms with Gasteiger partial charge in [-0.25, -0.2) is 9.59 Å². The van der Waals surface area contributed by atoms with Gasteiger partial charge in [-0.2, -0.15) is 0 Å². The molecule has 7 heteroatoms. The monoisotopic (exact) mass is 444 g/mol. The molecule has 4 amide bonds. The van der Waals surface area contributed by atoms with Crippen LogP contribution in [-0.4, -0.2) is 37.2 Å². The van der Waals surface area contributed by atoms with Crippen molar-refractivity contribution in [3.8, 4) is 5.75 Å². The second-order valence-electron chi connectivity index (χ2n) is 8.03. The Hall–Kier alpha value is -4.00. The second-order valence-corrected chi connectivity index (χ2v) is 8.03. The first-order chi connectivity index (χ1) is 16.0. The third-order valence-corrected chi connectivity index (χ3v) is 5.55. The molecule has 1 saturated heterocycles. The maximum Gasteiger partial charge on any atom is 0.324 e. The molecule has 170 valence electrons. The summed E-state index contributed by atoms with van der Waals surface area (Å²) >= 11 is 0. The van der Waals surface area contributed by atoms with Crippen molar-refractivity contribution in [2.45, 2.75) is 19.9 Å². The Bertz CT molecular complexity index is 1130. The van der Waals surface area contributed by atoms with Gasteiger partial charge < -0.3 is 20.3 Å². The Morgan fingerprint density at radius 1 is 0.970 bits per heavy atom. The summed E-state index contributed by atoms with van der Waals surface area (Å²) in [7, 11) is 1.58. The molecule has 0 bridgehead atoms. The van der Waals surface area contributed by atoms with Crippen LogP contribution in [0.1, 0.15) is 17.5 Å². The quantitative estimate of drug-likeness (QED) is 0.529. The molecule has 3 aromatic carbocycles. The van der Waals surface area contributed by atoms with E-state index in [1.807, 2.05) is 66.4 Å². The molecule has 33 heavy (non-hydrogen) atoms. The lowest BCUT2D eigenvalue weighted by atomic mass is 10.1. The summed E-state index contributed by atoms with van der Waals surface area (Å²) in [6, 6.07) is 22.4. The van der Waals surface area contributed by atoms with Crippen molar-refractivity contribution in [3.63, 3.8) is 0 Å². The number of carbonyl (C=O) groups excluding carboxylic acids is 2. The number of carbonyl (C=O) groups is 2. The van der Waals surface area contributed by atoms with E-state index >= 15 is 0 Å². The molecule has 0 aromatic heterocycles. The molecule has 0 saturated carbocycles. The molecule has 1 fully saturated rings. The predicted octanol–water partition coefficient (Wildman–Crippen LogP) is 5.48. The number of amides is 4. The molecule has 1 heterocycles. The first kappa shape index (κ1) is 22.2. The topological polar surface area (TPSA) is 73.9 Å². The maximum atomic E-state index is 13.3. The van der Waals surface area contributed by atoms with Crippen LogP contribution < -0.4 is 20.3 Å². The van der Waals surface area contributed by atoms with Gasteiger partial charge in [0.15, 0.2) is 0 Å². The van der Waals surface area contributed by atoms with Crippen LogP contribution in [0.15, 0.2) is 72.8 Å². The van der Waals surface area contributed by atoms with Crippen LogP contribution in [0.3, 0.4) is 0 Å². The SMILES string of the molecule is COc1cccc(NC(=O)Nc2cc(C)ccc2N2CCCN(Cc3ccccc3)C2=O)c1. The number of benzene rings is 3. The standard InChI is InChI=1S/C26H28N4O3/c1-19-12-13-24(23(16-19)28-25(31)27-21-10-6-11-22(17-21)33-2)30-15-7-14-29(26(30)32)18-20-8-4-3-5-9-20/h3-6,8-13,16-17H,7,14-15,18H2,1-2H3,(H2,27,28,31). The van der Waals surface area contributed by atoms with Crippen molar-refractivity contribution in [2.75, 3.05) is 35.7 Å². The molecule has 0 unspecified atom stereocenters. The Morgan fingerprint density at radius 2 is 1.79 bits per heavy atom. The maximum absolute atomic E-state index is 13.3. The number of hydrogen-bond donors (Lipinski definition) is 2. The molecule has 7 nitrogen and oxygen atoms in total. The Morgan fingerprint density at radius 3 is 2.58 bits per heavy atom. The molecule has 1 aliphatic rings. The normalized spacial score (nSPS) is 13.6. The predicted molar refractivity (Wildman–Crippen MR) is 131 cm³/mol. The summed E-state index contributed by atoms with van der Waals surface area (Å²) in [4.78, 5) is 29.7. The molecule has 3 aromatic rings. The molecule has 2 N–H and O–H groups in total. The van der Waals surface area contributed by atoms with E-state index < -0.39 is 0 Å². The number of urea groups is 2. The fraction of sp³-hybridized carbons (Fsp3) is 0.231. The highest BCUT2D eigenvalue weighted by Gasteiger charge is 2.28. The lowest BCUT2D eigenvalue weighted by molar-refractivity contribution is 0.192. The van der Waals surface area contributed by atoms with Gasteiger partial charge in [0.2, 0.25) is 0 Å². The van der Waals surface area contributed by atoms with E-state index in [2.05, 4.69) is 10.6 Å². The van der Waals surface area contributed by atoms with Crippen LogP contribution in [0, 0.1) is 6.92 Å². The minimum absolute atomic E-state index is 0.0646. The van der Waals surface area contributed by atoms with Crippen molar-refractivity contribution >= 4 is 29.1 Å². The molecule has 0 atom stereocenters. The van der Waals surface area contributed by atoms with Crippen molar-refractivity contribution in [3.05, 3.63) is 83.9 Å². The Balaban J connectivity index is 1.52. The van der Waals surface area contributed by atoms with Crippen LogP contribution in [0.2, 0.25) is 0 Å². The molecule has 1 aliphatic heterocycles. The van der Waals surface area contributed by atoms with Crippen LogP contribution in [0.5, 0.6) is 5.75 Å². The van der Waals surface area contributed by atoms with Gasteiger partial charge in [-0.3, -0.25) is 4.90 Å². The molecule has 4 rings (SSSR count). The molecular formula is C26H28N4O3. The van der Waals surface area contributed by atoms with Gasteiger partial charge in [-0.05, 0) is 48.7 Å². The van der Waals surface area contributed by atoms with E-state index in [0.29, 0.717) is 42.4 Å². The van der Waals surface area contributed by atoms with E-state index in [-0.39, 0.29) is 12.1 Å². The van der Waals surface area contributed by atoms with E-state index in [4.69, 9.17) is 4.74 Å². The molecule has 0 aliphatic carbocycles. The Labute approximate surface area is 194 Å². The van der Waals surface area contributed by atoms with Gasteiger partial charge in [-0.15, -0.1) is 0 Å². The fourth-order valence-electron chi connectivity index (χ4n) is 3.93. The first-order valence-corrected chi connectivity index (χ1v) is 11.0. The number of nitrogens with one attached hydrogen (secondary N) is 2. The van der Waals surface area contributed by atoms with Crippen molar-refractivity contribution in [1.82, 2.24) is 4.90 Å². The van der Waals surface area contributed by atoms with E-state index in [9.17, 15) is 9.59 Å². The zero-order chi connectivity index (χ0) is 23.2. The average molecular weight is 445 g/mol. The number of nitrogens with zero attached hydrogens (tertiary/aromatic N) is 2. The summed E-state index contributed by atoms with van der Waals surface area (Å²) < 4.78 is 5.21. The first-order valence-electron chi connectivity index (χ1n) is 11.0. The zero-order valence-corrected chi connectivity index (χ0v) is 18.9. The number of hydrogen-bond acceptors (Lipinski definition) is 3. The number of aryl methyl sites for hydroxylation is 1. The van der Waals surface area contributed by atoms with Gasteiger partial charge in [0.1, 0.15) is 5.75 Å². The van der Waals surface area contributed by atoms with Crippen LogP contribution in [0.25, 0.3) is 0 Å². The lowest BCUT2D eigenvalue weighted by Crippen LogP contribution is -2.49. The highest BCUT2D eigenvalue weighted by atomic mass is 16.5. The third-order valence-electron chi connectivity index (χ3n) is 5.55. The van der Waals surface area contributed by atoms with Gasteiger partial charge in [0.25, 0.3) is 0 Å². The highest BCUT2D eigenvalue weighted by molar-refractivity contribution is 6.04. The molecule has 0 spiro atoms. The number of ether oxygens (including phenoxy) is 1. The van der Waals surface area contributed by atoms with Gasteiger partial charge in [-0.1, -0.05) is 42.5 Å². The van der Waals surface area contributed by atoms with Gasteiger partial charge >= 0.3 is 12.1 Å². The summed E-state index contributed by atoms with van der Waals surface area (Å²) in [6.45, 7) is 3.81. The number of methoxy groups -OCH3 is 1. The molecule has 0 radical (unpaired) electrons. The molecular weight excluding hydrogens is 416 g/mol. The minimum Gasteiger partial charge on any atom is -0.497 e. The van der Waals surface area contributed by atoms with E-state index in [0.717, 1.165) is 17.5 Å². The van der Waals surface area contributed by atoms with Crippen LogP contribution >= 0.6 is 0 Å². The smallest absolute Gasteiger partial charge is 0.324 e. The number of anilines is 3. The average Bonchev–Trinajstić information content (AvgIpc) is 2.82. The summed E-state index contributed by atoms with van der Waals surface area (Å²) in [5, 5.41) is 5.74. The summed E-state index contributed by atoms with van der Waals surface area (Å²) in [5.74, 6) is 0.654. The van der Waals surface area contributed by atoms with E-state index in [1.54, 1.807) is 30.2 Å². The number of rotatable bonds is 6. The summed E-state index contributed by atoms with van der Waals surface area (Å²) in [5.41, 5.74) is 3.97.